The van der Waals surface area contributed by atoms with Gasteiger partial charge in [-0.15, -0.1) is 0 Å². The average Bonchev–Trinajstić information content (AvgIpc) is 2.63. The number of hydrogen-bond donors (Lipinski definition) is 0. The Morgan fingerprint density at radius 3 is 2.40 bits per heavy atom. The van der Waals surface area contributed by atoms with Crippen LogP contribution in [0.5, 0.6) is 0 Å². The van der Waals surface area contributed by atoms with Crippen LogP contribution in [-0.4, -0.2) is 29.0 Å². The lowest BCUT2D eigenvalue weighted by atomic mass is 9.95. The van der Waals surface area contributed by atoms with Crippen LogP contribution >= 0.6 is 0 Å². The van der Waals surface area contributed by atoms with E-state index in [1.165, 1.54) is 11.3 Å². The van der Waals surface area contributed by atoms with E-state index >= 15 is 0 Å². The van der Waals surface area contributed by atoms with Crippen molar-refractivity contribution < 1.29 is 0 Å². The van der Waals surface area contributed by atoms with Crippen LogP contribution in [-0.2, 0) is 6.42 Å². The Labute approximate surface area is 150 Å². The van der Waals surface area contributed by atoms with Crippen molar-refractivity contribution >= 4 is 16.6 Å². The fourth-order valence-electron chi connectivity index (χ4n) is 3.22. The van der Waals surface area contributed by atoms with Crippen LogP contribution in [0.25, 0.3) is 10.9 Å². The number of anilines is 1. The highest BCUT2D eigenvalue weighted by Gasteiger charge is 2.18. The number of pyridine rings is 1. The van der Waals surface area contributed by atoms with Gasteiger partial charge in [-0.05, 0) is 36.6 Å². The number of benzene rings is 1. The molecule has 0 bridgehead atoms. The predicted octanol–water partition coefficient (Wildman–Crippen LogP) is 4.59. The molecule has 1 aromatic carbocycles. The zero-order valence-corrected chi connectivity index (χ0v) is 15.5. The predicted molar refractivity (Wildman–Crippen MR) is 104 cm³/mol. The molecule has 1 atom stereocenters. The minimum Gasteiger partial charge on any atom is -0.378 e. The largest absolute Gasteiger partial charge is 0.378 e. The van der Waals surface area contributed by atoms with Crippen molar-refractivity contribution in [1.82, 2.24) is 15.0 Å². The highest BCUT2D eigenvalue weighted by atomic mass is 15.1. The van der Waals surface area contributed by atoms with Gasteiger partial charge >= 0.3 is 0 Å². The molecule has 0 radical (unpaired) electrons. The lowest BCUT2D eigenvalue weighted by molar-refractivity contribution is 0.710. The van der Waals surface area contributed by atoms with E-state index in [-0.39, 0.29) is 5.92 Å². The first-order valence-electron chi connectivity index (χ1n) is 9.01. The van der Waals surface area contributed by atoms with Gasteiger partial charge in [0.15, 0.2) is 0 Å². The number of hydrogen-bond acceptors (Lipinski definition) is 4. The highest BCUT2D eigenvalue weighted by Crippen LogP contribution is 2.29. The standard InChI is InChI=1S/C21H26N4/c1-5-7-19-18-12-13-22-14-20(18)24-21(23-19)17(6-2)15-8-10-16(11-9-15)25(3)4/h8-14,17H,5-7H2,1-4H3. The molecule has 4 heteroatoms. The molecule has 130 valence electrons. The molecule has 0 N–H and O–H groups in total. The summed E-state index contributed by atoms with van der Waals surface area (Å²) in [6.07, 6.45) is 6.68. The molecule has 2 aromatic heterocycles. The minimum atomic E-state index is 0.205. The van der Waals surface area contributed by atoms with Crippen LogP contribution in [0.4, 0.5) is 5.69 Å². The molecular weight excluding hydrogens is 308 g/mol. The van der Waals surface area contributed by atoms with Crippen LogP contribution < -0.4 is 4.90 Å². The van der Waals surface area contributed by atoms with Gasteiger partial charge in [0.2, 0.25) is 0 Å². The first-order chi connectivity index (χ1) is 12.1. The van der Waals surface area contributed by atoms with Crippen molar-refractivity contribution in [3.05, 3.63) is 59.8 Å². The van der Waals surface area contributed by atoms with Crippen molar-refractivity contribution in [2.75, 3.05) is 19.0 Å². The van der Waals surface area contributed by atoms with Gasteiger partial charge < -0.3 is 4.90 Å². The lowest BCUT2D eigenvalue weighted by Crippen LogP contribution is -2.10. The van der Waals surface area contributed by atoms with Gasteiger partial charge in [-0.3, -0.25) is 4.98 Å². The quantitative estimate of drug-likeness (QED) is 0.661. The van der Waals surface area contributed by atoms with E-state index in [0.717, 1.165) is 41.7 Å². The van der Waals surface area contributed by atoms with Gasteiger partial charge in [0.05, 0.1) is 17.4 Å². The molecule has 2 heterocycles. The Balaban J connectivity index is 2.05. The molecular formula is C21H26N4. The second-order valence-electron chi connectivity index (χ2n) is 6.62. The van der Waals surface area contributed by atoms with E-state index in [0.29, 0.717) is 0 Å². The van der Waals surface area contributed by atoms with Crippen LogP contribution in [0.3, 0.4) is 0 Å². The number of aryl methyl sites for hydroxylation is 1. The summed E-state index contributed by atoms with van der Waals surface area (Å²) in [4.78, 5) is 16.1. The molecule has 0 saturated heterocycles. The maximum Gasteiger partial charge on any atom is 0.136 e. The molecule has 3 aromatic rings. The summed E-state index contributed by atoms with van der Waals surface area (Å²) in [7, 11) is 4.12. The Morgan fingerprint density at radius 1 is 1.00 bits per heavy atom. The molecule has 0 fully saturated rings. The van der Waals surface area contributed by atoms with Gasteiger partial charge in [-0.1, -0.05) is 32.4 Å². The Hall–Kier alpha value is -2.49. The number of nitrogens with zero attached hydrogens (tertiary/aromatic N) is 4. The topological polar surface area (TPSA) is 41.9 Å². The first-order valence-corrected chi connectivity index (χ1v) is 9.01. The van der Waals surface area contributed by atoms with Gasteiger partial charge in [0, 0.05) is 37.3 Å². The second-order valence-corrected chi connectivity index (χ2v) is 6.62. The molecule has 25 heavy (non-hydrogen) atoms. The highest BCUT2D eigenvalue weighted by molar-refractivity contribution is 5.79. The Bertz CT molecular complexity index is 840. The summed E-state index contributed by atoms with van der Waals surface area (Å²) in [5.41, 5.74) is 4.54. The van der Waals surface area contributed by atoms with Crippen LogP contribution in [0.15, 0.2) is 42.7 Å². The Kier molecular flexibility index (Phi) is 5.27. The van der Waals surface area contributed by atoms with E-state index < -0.39 is 0 Å². The number of aromatic nitrogens is 3. The molecule has 0 aliphatic carbocycles. The number of fused-ring (bicyclic) bond motifs is 1. The smallest absolute Gasteiger partial charge is 0.136 e. The molecule has 0 spiro atoms. The van der Waals surface area contributed by atoms with Crippen molar-refractivity contribution in [1.29, 1.82) is 0 Å². The first kappa shape index (κ1) is 17.3. The van der Waals surface area contributed by atoms with E-state index in [4.69, 9.17) is 9.97 Å². The average molecular weight is 334 g/mol. The van der Waals surface area contributed by atoms with Crippen molar-refractivity contribution in [3.63, 3.8) is 0 Å². The summed E-state index contributed by atoms with van der Waals surface area (Å²) in [5.74, 6) is 1.11. The summed E-state index contributed by atoms with van der Waals surface area (Å²) < 4.78 is 0. The Morgan fingerprint density at radius 2 is 1.76 bits per heavy atom. The van der Waals surface area contributed by atoms with Crippen molar-refractivity contribution in [2.24, 2.45) is 0 Å². The second kappa shape index (κ2) is 7.60. The molecule has 0 aliphatic rings. The summed E-state index contributed by atoms with van der Waals surface area (Å²) in [6, 6.07) is 10.7. The maximum absolute atomic E-state index is 4.95. The van der Waals surface area contributed by atoms with E-state index in [1.807, 2.05) is 18.5 Å². The lowest BCUT2D eigenvalue weighted by Gasteiger charge is -2.18. The molecule has 3 rings (SSSR count). The third kappa shape index (κ3) is 3.63. The van der Waals surface area contributed by atoms with Crippen molar-refractivity contribution in [3.8, 4) is 0 Å². The normalized spacial score (nSPS) is 12.3. The SMILES string of the molecule is CCCc1nc(C(CC)c2ccc(N(C)C)cc2)nc2cnccc12. The van der Waals surface area contributed by atoms with Gasteiger partial charge in [0.25, 0.3) is 0 Å². The summed E-state index contributed by atoms with van der Waals surface area (Å²) in [5, 5.41) is 1.12. The third-order valence-electron chi connectivity index (χ3n) is 4.61. The molecule has 4 nitrogen and oxygen atoms in total. The van der Waals surface area contributed by atoms with E-state index in [9.17, 15) is 0 Å². The molecule has 0 saturated carbocycles. The maximum atomic E-state index is 4.95. The molecule has 0 amide bonds. The fraction of sp³-hybridized carbons (Fsp3) is 0.381. The van der Waals surface area contributed by atoms with E-state index in [2.05, 4.69) is 62.1 Å². The summed E-state index contributed by atoms with van der Waals surface area (Å²) >= 11 is 0. The number of rotatable bonds is 6. The van der Waals surface area contributed by atoms with Crippen LogP contribution in [0.2, 0.25) is 0 Å². The van der Waals surface area contributed by atoms with Crippen molar-refractivity contribution in [2.45, 2.75) is 39.0 Å². The fourth-order valence-corrected chi connectivity index (χ4v) is 3.22. The zero-order valence-electron chi connectivity index (χ0n) is 15.5. The van der Waals surface area contributed by atoms with Gasteiger partial charge in [0.1, 0.15) is 5.82 Å². The van der Waals surface area contributed by atoms with E-state index in [1.54, 1.807) is 0 Å². The van der Waals surface area contributed by atoms with Gasteiger partial charge in [-0.25, -0.2) is 9.97 Å². The monoisotopic (exact) mass is 334 g/mol. The molecule has 1 unspecified atom stereocenters. The van der Waals surface area contributed by atoms with Crippen LogP contribution in [0.1, 0.15) is 49.7 Å². The minimum absolute atomic E-state index is 0.205. The van der Waals surface area contributed by atoms with Gasteiger partial charge in [-0.2, -0.15) is 0 Å². The molecule has 0 aliphatic heterocycles. The van der Waals surface area contributed by atoms with Crippen LogP contribution in [0, 0.1) is 0 Å². The third-order valence-corrected chi connectivity index (χ3v) is 4.61. The zero-order chi connectivity index (χ0) is 17.8. The summed E-state index contributed by atoms with van der Waals surface area (Å²) in [6.45, 7) is 4.38.